The number of ether oxygens (including phenoxy) is 1. The lowest BCUT2D eigenvalue weighted by Gasteiger charge is -2.23. The van der Waals surface area contributed by atoms with Gasteiger partial charge in [-0.25, -0.2) is 0 Å². The van der Waals surface area contributed by atoms with E-state index in [1.54, 1.807) is 0 Å². The Hall–Kier alpha value is -1.01. The van der Waals surface area contributed by atoms with E-state index in [1.807, 2.05) is 6.92 Å². The van der Waals surface area contributed by atoms with Crippen LogP contribution in [0.25, 0.3) is 0 Å². The molecule has 0 aromatic carbocycles. The van der Waals surface area contributed by atoms with E-state index >= 15 is 0 Å². The van der Waals surface area contributed by atoms with Gasteiger partial charge in [0.25, 0.3) is 0 Å². The first-order chi connectivity index (χ1) is 8.62. The Bertz CT molecular complexity index is 352. The maximum atomic E-state index is 5.78. The van der Waals surface area contributed by atoms with Crippen molar-refractivity contribution in [2.45, 2.75) is 33.7 Å². The molecule has 0 radical (unpaired) electrons. The van der Waals surface area contributed by atoms with Gasteiger partial charge in [-0.15, -0.1) is 0 Å². The van der Waals surface area contributed by atoms with Gasteiger partial charge >= 0.3 is 0 Å². The third kappa shape index (κ3) is 4.03. The van der Waals surface area contributed by atoms with Crippen LogP contribution in [0.15, 0.2) is 0 Å². The number of rotatable bonds is 8. The molecule has 1 aromatic rings. The second kappa shape index (κ2) is 7.43. The molecule has 0 saturated carbocycles. The lowest BCUT2D eigenvalue weighted by atomic mass is 10.3. The van der Waals surface area contributed by atoms with Crippen LogP contribution < -0.4 is 15.8 Å². The molecular formula is C12H24N4OS. The van der Waals surface area contributed by atoms with Crippen molar-refractivity contribution in [3.8, 4) is 5.75 Å². The zero-order valence-corrected chi connectivity index (χ0v) is 12.5. The Morgan fingerprint density at radius 1 is 1.39 bits per heavy atom. The molecule has 3 N–H and O–H groups in total. The van der Waals surface area contributed by atoms with Gasteiger partial charge in [0.15, 0.2) is 16.6 Å². The smallest absolute Gasteiger partial charge is 0.197 e. The minimum atomic E-state index is 0.337. The molecule has 0 spiro atoms. The molecule has 104 valence electrons. The van der Waals surface area contributed by atoms with Gasteiger partial charge in [0.2, 0.25) is 0 Å². The Balaban J connectivity index is 2.61. The van der Waals surface area contributed by atoms with Gasteiger partial charge < -0.3 is 20.7 Å². The van der Waals surface area contributed by atoms with Crippen LogP contribution in [0.5, 0.6) is 5.75 Å². The van der Waals surface area contributed by atoms with Crippen molar-refractivity contribution in [3.63, 3.8) is 0 Å². The summed E-state index contributed by atoms with van der Waals surface area (Å²) in [6.07, 6.45) is 0. The third-order valence-corrected chi connectivity index (χ3v) is 3.54. The van der Waals surface area contributed by atoms with Gasteiger partial charge in [-0.05, 0) is 38.5 Å². The second-order valence-electron chi connectivity index (χ2n) is 4.19. The summed E-state index contributed by atoms with van der Waals surface area (Å²) >= 11 is 1.36. The fourth-order valence-corrected chi connectivity index (χ4v) is 2.58. The molecule has 5 nitrogen and oxygen atoms in total. The molecule has 0 aliphatic heterocycles. The summed E-state index contributed by atoms with van der Waals surface area (Å²) in [6, 6.07) is 0.337. The highest BCUT2D eigenvalue weighted by Gasteiger charge is 2.15. The third-order valence-electron chi connectivity index (χ3n) is 2.77. The first-order valence-corrected chi connectivity index (χ1v) is 7.26. The molecule has 1 unspecified atom stereocenters. The number of hydrogen-bond acceptors (Lipinski definition) is 6. The molecule has 1 rings (SSSR count). The van der Waals surface area contributed by atoms with Crippen molar-refractivity contribution < 1.29 is 4.74 Å². The predicted molar refractivity (Wildman–Crippen MR) is 78.6 cm³/mol. The summed E-state index contributed by atoms with van der Waals surface area (Å²) in [5, 5.41) is 4.35. The lowest BCUT2D eigenvalue weighted by Crippen LogP contribution is -2.34. The van der Waals surface area contributed by atoms with Crippen molar-refractivity contribution in [2.75, 3.05) is 37.3 Å². The zero-order chi connectivity index (χ0) is 13.5. The van der Waals surface area contributed by atoms with E-state index in [0.29, 0.717) is 24.2 Å². The van der Waals surface area contributed by atoms with Crippen LogP contribution in [-0.4, -0.2) is 41.6 Å². The maximum absolute atomic E-state index is 5.78. The number of nitrogens with two attached hydrogens (primary N) is 1. The van der Waals surface area contributed by atoms with Crippen LogP contribution in [0.2, 0.25) is 0 Å². The van der Waals surface area contributed by atoms with Crippen molar-refractivity contribution in [1.82, 2.24) is 9.27 Å². The Morgan fingerprint density at radius 3 is 2.61 bits per heavy atom. The van der Waals surface area contributed by atoms with Crippen molar-refractivity contribution in [1.29, 1.82) is 0 Å². The van der Waals surface area contributed by atoms with Crippen molar-refractivity contribution in [2.24, 2.45) is 0 Å². The molecule has 1 heterocycles. The summed E-state index contributed by atoms with van der Waals surface area (Å²) in [5.41, 5.74) is 5.78. The van der Waals surface area contributed by atoms with E-state index in [0.717, 1.165) is 24.6 Å². The number of nitrogens with zero attached hydrogens (tertiary/aromatic N) is 2. The molecule has 0 saturated heterocycles. The van der Waals surface area contributed by atoms with Gasteiger partial charge in [-0.1, -0.05) is 13.8 Å². The second-order valence-corrected chi connectivity index (χ2v) is 4.96. The number of likely N-dealkylation sites (N-methyl/N-ethyl adjacent to an activating group) is 1. The molecule has 0 aliphatic rings. The standard InChI is InChI=1S/C12H24N4OS/c1-5-16(6-2)8-9(4)14-12-10(17-7-3)11(13)15-18-12/h9,14H,5-8H2,1-4H3,(H2,13,15). The van der Waals surface area contributed by atoms with E-state index in [9.17, 15) is 0 Å². The molecule has 18 heavy (non-hydrogen) atoms. The summed E-state index contributed by atoms with van der Waals surface area (Å²) in [6.45, 7) is 12.2. The number of hydrogen-bond donors (Lipinski definition) is 2. The summed E-state index contributed by atoms with van der Waals surface area (Å²) < 4.78 is 9.64. The molecule has 1 aromatic heterocycles. The largest absolute Gasteiger partial charge is 0.487 e. The van der Waals surface area contributed by atoms with Gasteiger partial charge in [0.1, 0.15) is 0 Å². The quantitative estimate of drug-likeness (QED) is 0.760. The van der Waals surface area contributed by atoms with Gasteiger partial charge in [-0.3, -0.25) is 0 Å². The summed E-state index contributed by atoms with van der Waals surface area (Å²) in [5.74, 6) is 1.16. The van der Waals surface area contributed by atoms with E-state index in [-0.39, 0.29) is 0 Å². The Kier molecular flexibility index (Phi) is 6.21. The molecule has 0 aliphatic carbocycles. The average molecular weight is 272 g/mol. The maximum Gasteiger partial charge on any atom is 0.197 e. The molecule has 0 amide bonds. The number of nitrogens with one attached hydrogen (secondary N) is 1. The van der Waals surface area contributed by atoms with E-state index in [1.165, 1.54) is 11.5 Å². The minimum Gasteiger partial charge on any atom is -0.487 e. The summed E-state index contributed by atoms with van der Waals surface area (Å²) in [4.78, 5) is 2.38. The fourth-order valence-electron chi connectivity index (χ4n) is 1.81. The monoisotopic (exact) mass is 272 g/mol. The van der Waals surface area contributed by atoms with Crippen molar-refractivity contribution in [3.05, 3.63) is 0 Å². The SMILES string of the molecule is CCOc1c(N)nsc1NC(C)CN(CC)CC. The van der Waals surface area contributed by atoms with Crippen LogP contribution >= 0.6 is 11.5 Å². The van der Waals surface area contributed by atoms with E-state index < -0.39 is 0 Å². The molecule has 1 atom stereocenters. The van der Waals surface area contributed by atoms with Crippen LogP contribution in [0.3, 0.4) is 0 Å². The number of aromatic nitrogens is 1. The first kappa shape index (κ1) is 15.0. The first-order valence-electron chi connectivity index (χ1n) is 6.49. The molecule has 0 fully saturated rings. The Labute approximate surface area is 113 Å². The molecule has 0 bridgehead atoms. The van der Waals surface area contributed by atoms with E-state index in [4.69, 9.17) is 10.5 Å². The molecule has 6 heteroatoms. The highest BCUT2D eigenvalue weighted by atomic mass is 32.1. The topological polar surface area (TPSA) is 63.4 Å². The predicted octanol–water partition coefficient (Wildman–Crippen LogP) is 2.27. The van der Waals surface area contributed by atoms with Crippen LogP contribution in [0, 0.1) is 0 Å². The summed E-state index contributed by atoms with van der Waals surface area (Å²) in [7, 11) is 0. The fraction of sp³-hybridized carbons (Fsp3) is 0.750. The van der Waals surface area contributed by atoms with Crippen LogP contribution in [-0.2, 0) is 0 Å². The van der Waals surface area contributed by atoms with Crippen LogP contribution in [0.1, 0.15) is 27.7 Å². The van der Waals surface area contributed by atoms with Crippen molar-refractivity contribution >= 4 is 22.4 Å². The zero-order valence-electron chi connectivity index (χ0n) is 11.7. The normalized spacial score (nSPS) is 12.7. The lowest BCUT2D eigenvalue weighted by molar-refractivity contribution is 0.294. The van der Waals surface area contributed by atoms with Gasteiger partial charge in [-0.2, -0.15) is 4.37 Å². The van der Waals surface area contributed by atoms with Crippen LogP contribution in [0.4, 0.5) is 10.8 Å². The Morgan fingerprint density at radius 2 is 2.06 bits per heavy atom. The average Bonchev–Trinajstić information content (AvgIpc) is 2.69. The van der Waals surface area contributed by atoms with E-state index in [2.05, 4.69) is 35.4 Å². The minimum absolute atomic E-state index is 0.337. The van der Waals surface area contributed by atoms with Gasteiger partial charge in [0, 0.05) is 12.6 Å². The van der Waals surface area contributed by atoms with Gasteiger partial charge in [0.05, 0.1) is 6.61 Å². The number of nitrogen functional groups attached to an aromatic ring is 1. The molecular weight excluding hydrogens is 248 g/mol. The highest BCUT2D eigenvalue weighted by Crippen LogP contribution is 2.35. The number of anilines is 2. The highest BCUT2D eigenvalue weighted by molar-refractivity contribution is 7.11.